The third-order valence-corrected chi connectivity index (χ3v) is 5.48. The summed E-state index contributed by atoms with van der Waals surface area (Å²) in [5.41, 5.74) is 5.23. The lowest BCUT2D eigenvalue weighted by Gasteiger charge is -2.16. The molecule has 2 aromatic carbocycles. The van der Waals surface area contributed by atoms with Crippen LogP contribution >= 0.6 is 0 Å². The van der Waals surface area contributed by atoms with E-state index in [4.69, 9.17) is 4.52 Å². The number of benzene rings is 2. The predicted molar refractivity (Wildman–Crippen MR) is 117 cm³/mol. The molecule has 0 fully saturated rings. The second kappa shape index (κ2) is 9.12. The first kappa shape index (κ1) is 20.8. The summed E-state index contributed by atoms with van der Waals surface area (Å²) in [4.78, 5) is 30.5. The molecule has 0 unspecified atom stereocenters. The van der Waals surface area contributed by atoms with Gasteiger partial charge >= 0.3 is 0 Å². The van der Waals surface area contributed by atoms with Crippen LogP contribution in [0.2, 0.25) is 0 Å². The van der Waals surface area contributed by atoms with Crippen LogP contribution in [-0.4, -0.2) is 28.5 Å². The van der Waals surface area contributed by atoms with E-state index in [-0.39, 0.29) is 18.2 Å². The van der Waals surface area contributed by atoms with E-state index in [1.165, 1.54) is 5.56 Å². The minimum atomic E-state index is -0.0710. The summed E-state index contributed by atoms with van der Waals surface area (Å²) in [6.45, 7) is 5.08. The van der Waals surface area contributed by atoms with Crippen molar-refractivity contribution in [2.45, 2.75) is 46.1 Å². The van der Waals surface area contributed by atoms with Crippen LogP contribution in [0.1, 0.15) is 42.3 Å². The van der Waals surface area contributed by atoms with Crippen molar-refractivity contribution in [1.29, 1.82) is 0 Å². The van der Waals surface area contributed by atoms with Gasteiger partial charge in [0, 0.05) is 43.6 Å². The molecule has 0 saturated heterocycles. The van der Waals surface area contributed by atoms with Crippen molar-refractivity contribution in [3.8, 4) is 11.4 Å². The molecule has 1 aromatic heterocycles. The number of carbonyl (C=O) groups excluding carboxylic acids is 2. The van der Waals surface area contributed by atoms with Gasteiger partial charge in [-0.3, -0.25) is 9.59 Å². The standard InChI is InChI=1S/C24H26N4O3/c1-3-23(30)28-13-12-19-14-17(6-9-20(19)28)15-25-21(29)10-11-22-26-24(27-31-22)18-7-4-16(2)5-8-18/h4-9,14H,3,10-13,15H2,1-2H3,(H,25,29). The fraction of sp³-hybridized carbons (Fsp3) is 0.333. The highest BCUT2D eigenvalue weighted by molar-refractivity contribution is 5.95. The maximum atomic E-state index is 12.3. The number of nitrogens with one attached hydrogen (secondary N) is 1. The van der Waals surface area contributed by atoms with Crippen LogP contribution in [0.25, 0.3) is 11.4 Å². The van der Waals surface area contributed by atoms with Crippen molar-refractivity contribution in [3.63, 3.8) is 0 Å². The molecule has 0 saturated carbocycles. The second-order valence-corrected chi connectivity index (χ2v) is 7.77. The van der Waals surface area contributed by atoms with E-state index in [1.54, 1.807) is 0 Å². The first-order valence-electron chi connectivity index (χ1n) is 10.6. The molecule has 2 amide bonds. The van der Waals surface area contributed by atoms with Crippen LogP contribution < -0.4 is 10.2 Å². The van der Waals surface area contributed by atoms with Crippen LogP contribution in [0.3, 0.4) is 0 Å². The largest absolute Gasteiger partial charge is 0.352 e. The topological polar surface area (TPSA) is 88.3 Å². The maximum Gasteiger partial charge on any atom is 0.227 e. The molecule has 7 heteroatoms. The minimum Gasteiger partial charge on any atom is -0.352 e. The lowest BCUT2D eigenvalue weighted by molar-refractivity contribution is -0.121. The van der Waals surface area contributed by atoms with Crippen molar-refractivity contribution < 1.29 is 14.1 Å². The third kappa shape index (κ3) is 4.82. The van der Waals surface area contributed by atoms with Gasteiger partial charge in [-0.15, -0.1) is 0 Å². The number of carbonyl (C=O) groups is 2. The highest BCUT2D eigenvalue weighted by atomic mass is 16.5. The van der Waals surface area contributed by atoms with Crippen LogP contribution in [0, 0.1) is 6.92 Å². The van der Waals surface area contributed by atoms with Crippen molar-refractivity contribution in [1.82, 2.24) is 15.5 Å². The van der Waals surface area contributed by atoms with Crippen molar-refractivity contribution in [2.24, 2.45) is 0 Å². The second-order valence-electron chi connectivity index (χ2n) is 7.77. The molecule has 7 nitrogen and oxygen atoms in total. The fourth-order valence-corrected chi connectivity index (χ4v) is 3.70. The fourth-order valence-electron chi connectivity index (χ4n) is 3.70. The summed E-state index contributed by atoms with van der Waals surface area (Å²) in [6.07, 6.45) is 2.02. The van der Waals surface area contributed by atoms with E-state index >= 15 is 0 Å². The van der Waals surface area contributed by atoms with Gasteiger partial charge in [0.1, 0.15) is 0 Å². The molecule has 0 radical (unpaired) electrons. The molecule has 0 spiro atoms. The summed E-state index contributed by atoms with van der Waals surface area (Å²) in [5.74, 6) is 1.05. The number of amides is 2. The van der Waals surface area contributed by atoms with E-state index in [2.05, 4.69) is 21.5 Å². The van der Waals surface area contributed by atoms with Gasteiger partial charge in [0.05, 0.1) is 0 Å². The molecule has 0 bridgehead atoms. The van der Waals surface area contributed by atoms with Crippen LogP contribution in [-0.2, 0) is 29.0 Å². The highest BCUT2D eigenvalue weighted by Crippen LogP contribution is 2.29. The summed E-state index contributed by atoms with van der Waals surface area (Å²) >= 11 is 0. The Bertz CT molecular complexity index is 1090. The predicted octanol–water partition coefficient (Wildman–Crippen LogP) is 3.59. The number of rotatable bonds is 7. The Kier molecular flexibility index (Phi) is 6.11. The molecule has 1 aliphatic rings. The normalized spacial score (nSPS) is 12.6. The molecule has 1 aliphatic heterocycles. The first-order valence-corrected chi connectivity index (χ1v) is 10.6. The van der Waals surface area contributed by atoms with Crippen LogP contribution in [0.5, 0.6) is 0 Å². The number of hydrogen-bond acceptors (Lipinski definition) is 5. The molecular formula is C24H26N4O3. The zero-order valence-electron chi connectivity index (χ0n) is 17.9. The van der Waals surface area contributed by atoms with Gasteiger partial charge in [0.25, 0.3) is 0 Å². The SMILES string of the molecule is CCC(=O)N1CCc2cc(CNC(=O)CCc3nc(-c4ccc(C)cc4)no3)ccc21. The Labute approximate surface area is 181 Å². The molecule has 1 N–H and O–H groups in total. The Morgan fingerprint density at radius 2 is 1.97 bits per heavy atom. The van der Waals surface area contributed by atoms with Gasteiger partial charge in [0.15, 0.2) is 0 Å². The highest BCUT2D eigenvalue weighted by Gasteiger charge is 2.23. The zero-order chi connectivity index (χ0) is 21.8. The Morgan fingerprint density at radius 1 is 1.16 bits per heavy atom. The monoisotopic (exact) mass is 418 g/mol. The number of nitrogens with zero attached hydrogens (tertiary/aromatic N) is 3. The van der Waals surface area contributed by atoms with Crippen molar-refractivity contribution >= 4 is 17.5 Å². The molecule has 0 aliphatic carbocycles. The van der Waals surface area contributed by atoms with Gasteiger partial charge in [-0.25, -0.2) is 0 Å². The maximum absolute atomic E-state index is 12.3. The average molecular weight is 418 g/mol. The molecular weight excluding hydrogens is 392 g/mol. The van der Waals surface area contributed by atoms with Crippen molar-refractivity contribution in [2.75, 3.05) is 11.4 Å². The quantitative estimate of drug-likeness (QED) is 0.633. The zero-order valence-corrected chi connectivity index (χ0v) is 17.9. The lowest BCUT2D eigenvalue weighted by atomic mass is 10.1. The van der Waals surface area contributed by atoms with Gasteiger partial charge in [-0.2, -0.15) is 4.98 Å². The number of fused-ring (bicyclic) bond motifs is 1. The summed E-state index contributed by atoms with van der Waals surface area (Å²) in [5, 5.41) is 6.94. The van der Waals surface area contributed by atoms with E-state index in [1.807, 2.05) is 55.1 Å². The average Bonchev–Trinajstić information content (AvgIpc) is 3.43. The van der Waals surface area contributed by atoms with E-state index in [0.29, 0.717) is 31.1 Å². The Morgan fingerprint density at radius 3 is 2.74 bits per heavy atom. The molecule has 4 rings (SSSR count). The van der Waals surface area contributed by atoms with Crippen molar-refractivity contribution in [3.05, 3.63) is 65.0 Å². The minimum absolute atomic E-state index is 0.0710. The van der Waals surface area contributed by atoms with E-state index < -0.39 is 0 Å². The van der Waals surface area contributed by atoms with Crippen LogP contribution in [0.4, 0.5) is 5.69 Å². The number of anilines is 1. The van der Waals surface area contributed by atoms with E-state index in [0.717, 1.165) is 35.3 Å². The molecule has 0 atom stereocenters. The van der Waals surface area contributed by atoms with Gasteiger partial charge in [0.2, 0.25) is 23.5 Å². The third-order valence-electron chi connectivity index (χ3n) is 5.48. The number of aromatic nitrogens is 2. The lowest BCUT2D eigenvalue weighted by Crippen LogP contribution is -2.27. The Balaban J connectivity index is 1.28. The molecule has 160 valence electrons. The molecule has 3 aromatic rings. The number of aryl methyl sites for hydroxylation is 2. The summed E-state index contributed by atoms with van der Waals surface area (Å²) < 4.78 is 5.28. The molecule has 31 heavy (non-hydrogen) atoms. The first-order chi connectivity index (χ1) is 15.0. The van der Waals surface area contributed by atoms with E-state index in [9.17, 15) is 9.59 Å². The number of hydrogen-bond donors (Lipinski definition) is 1. The van der Waals surface area contributed by atoms with Gasteiger partial charge in [-0.05, 0) is 30.5 Å². The summed E-state index contributed by atoms with van der Waals surface area (Å²) in [7, 11) is 0. The molecule has 2 heterocycles. The smallest absolute Gasteiger partial charge is 0.227 e. The summed E-state index contributed by atoms with van der Waals surface area (Å²) in [6, 6.07) is 13.9. The Hall–Kier alpha value is -3.48. The van der Waals surface area contributed by atoms with Gasteiger partial charge < -0.3 is 14.7 Å². The van der Waals surface area contributed by atoms with Crippen LogP contribution in [0.15, 0.2) is 47.0 Å². The van der Waals surface area contributed by atoms with Gasteiger partial charge in [-0.1, -0.05) is 54.0 Å².